The summed E-state index contributed by atoms with van der Waals surface area (Å²) in [4.78, 5) is 24.6. The van der Waals surface area contributed by atoms with Crippen LogP contribution in [0.5, 0.6) is 0 Å². The van der Waals surface area contributed by atoms with E-state index in [0.29, 0.717) is 25.9 Å². The van der Waals surface area contributed by atoms with Gasteiger partial charge in [0.2, 0.25) is 5.91 Å². The number of aliphatic hydroxyl groups excluding tert-OH is 2. The monoisotopic (exact) mass is 1020 g/mol. The quantitative estimate of drug-likeness (QED) is 0.0320. The standard InChI is InChI=1S/C66H129NO5/c1-3-5-7-9-11-13-15-17-18-19-25-28-31-35-38-42-46-50-54-58-64(69)63(62-68)67-65(70)59-55-51-47-43-39-36-32-29-26-23-21-20-22-24-27-30-33-37-41-45-49-53-57-61-72-66(71)60-56-52-48-44-40-34-16-14-12-10-8-6-4-2/h23,26,63-64,68-69H,3-22,24-25,27-62H2,1-2H3,(H,67,70)/b26-23-. The lowest BCUT2D eigenvalue weighted by Gasteiger charge is -2.22. The minimum absolute atomic E-state index is 0.0140. The number of allylic oxidation sites excluding steroid dienone is 2. The molecule has 6 heteroatoms. The van der Waals surface area contributed by atoms with Gasteiger partial charge in [0.25, 0.3) is 0 Å². The predicted octanol–water partition coefficient (Wildman–Crippen LogP) is 20.8. The van der Waals surface area contributed by atoms with E-state index in [2.05, 4.69) is 31.3 Å². The Morgan fingerprint density at radius 1 is 0.375 bits per heavy atom. The Balaban J connectivity index is 3.40. The summed E-state index contributed by atoms with van der Waals surface area (Å²) in [6.07, 6.45) is 75.2. The van der Waals surface area contributed by atoms with Crippen LogP contribution in [0.4, 0.5) is 0 Å². The zero-order valence-electron chi connectivity index (χ0n) is 48.9. The first-order chi connectivity index (χ1) is 35.5. The van der Waals surface area contributed by atoms with E-state index in [4.69, 9.17) is 4.74 Å². The van der Waals surface area contributed by atoms with Crippen LogP contribution >= 0.6 is 0 Å². The van der Waals surface area contributed by atoms with Gasteiger partial charge in [0, 0.05) is 12.8 Å². The number of ether oxygens (including phenoxy) is 1. The van der Waals surface area contributed by atoms with Crippen molar-refractivity contribution in [1.29, 1.82) is 0 Å². The van der Waals surface area contributed by atoms with Crippen LogP contribution in [0.1, 0.15) is 373 Å². The van der Waals surface area contributed by atoms with Gasteiger partial charge in [-0.3, -0.25) is 9.59 Å². The molecule has 2 unspecified atom stereocenters. The number of nitrogens with one attached hydrogen (secondary N) is 1. The van der Waals surface area contributed by atoms with Crippen molar-refractivity contribution in [2.45, 2.75) is 386 Å². The first-order valence-electron chi connectivity index (χ1n) is 32.9. The van der Waals surface area contributed by atoms with Gasteiger partial charge in [-0.2, -0.15) is 0 Å². The van der Waals surface area contributed by atoms with Gasteiger partial charge in [-0.1, -0.05) is 321 Å². The van der Waals surface area contributed by atoms with Crippen molar-refractivity contribution >= 4 is 11.9 Å². The van der Waals surface area contributed by atoms with Gasteiger partial charge >= 0.3 is 5.97 Å². The number of carbonyl (C=O) groups excluding carboxylic acids is 2. The Kier molecular flexibility index (Phi) is 60.9. The third-order valence-corrected chi connectivity index (χ3v) is 15.6. The maximum Gasteiger partial charge on any atom is 0.305 e. The van der Waals surface area contributed by atoms with E-state index < -0.39 is 12.1 Å². The summed E-state index contributed by atoms with van der Waals surface area (Å²) in [5.41, 5.74) is 0. The zero-order chi connectivity index (χ0) is 52.2. The first-order valence-corrected chi connectivity index (χ1v) is 32.9. The Morgan fingerprint density at radius 3 is 0.986 bits per heavy atom. The Morgan fingerprint density at radius 2 is 0.653 bits per heavy atom. The molecule has 0 aromatic carbocycles. The van der Waals surface area contributed by atoms with Crippen LogP contribution in [0.15, 0.2) is 12.2 Å². The van der Waals surface area contributed by atoms with E-state index in [0.717, 1.165) is 38.5 Å². The van der Waals surface area contributed by atoms with Gasteiger partial charge < -0.3 is 20.3 Å². The van der Waals surface area contributed by atoms with Gasteiger partial charge in [-0.15, -0.1) is 0 Å². The van der Waals surface area contributed by atoms with Crippen LogP contribution in [0, 0.1) is 0 Å². The second-order valence-corrected chi connectivity index (χ2v) is 22.8. The molecule has 72 heavy (non-hydrogen) atoms. The van der Waals surface area contributed by atoms with Crippen LogP contribution in [0.2, 0.25) is 0 Å². The molecule has 6 nitrogen and oxygen atoms in total. The number of rotatable bonds is 62. The van der Waals surface area contributed by atoms with Crippen LogP contribution in [0.25, 0.3) is 0 Å². The molecule has 0 bridgehead atoms. The van der Waals surface area contributed by atoms with Crippen LogP contribution in [0.3, 0.4) is 0 Å². The molecule has 2 atom stereocenters. The Bertz CT molecular complexity index is 1080. The summed E-state index contributed by atoms with van der Waals surface area (Å²) < 4.78 is 5.48. The minimum Gasteiger partial charge on any atom is -0.466 e. The molecule has 428 valence electrons. The second kappa shape index (κ2) is 62.1. The van der Waals surface area contributed by atoms with E-state index in [1.54, 1.807) is 0 Å². The maximum atomic E-state index is 12.5. The highest BCUT2D eigenvalue weighted by molar-refractivity contribution is 5.76. The van der Waals surface area contributed by atoms with Crippen molar-refractivity contribution in [3.05, 3.63) is 12.2 Å². The number of hydrogen-bond acceptors (Lipinski definition) is 5. The molecule has 0 saturated heterocycles. The number of aliphatic hydroxyl groups is 2. The molecule has 0 aromatic rings. The molecule has 0 aliphatic carbocycles. The SMILES string of the molecule is CCCCCCCCCCCCCCCCCCCCCC(O)C(CO)NC(=O)CCCCCCCCC/C=C\CCCCCCCCCCCCCCOC(=O)CCCCCCCCCCCCCCC. The average Bonchev–Trinajstić information content (AvgIpc) is 3.38. The van der Waals surface area contributed by atoms with Gasteiger partial charge in [0.1, 0.15) is 0 Å². The lowest BCUT2D eigenvalue weighted by atomic mass is 10.0. The average molecular weight is 1020 g/mol. The lowest BCUT2D eigenvalue weighted by molar-refractivity contribution is -0.143. The smallest absolute Gasteiger partial charge is 0.305 e. The van der Waals surface area contributed by atoms with E-state index in [9.17, 15) is 19.8 Å². The molecule has 0 heterocycles. The summed E-state index contributed by atoms with van der Waals surface area (Å²) in [6, 6.07) is -0.546. The number of hydrogen-bond donors (Lipinski definition) is 3. The molecule has 0 rings (SSSR count). The highest BCUT2D eigenvalue weighted by atomic mass is 16.5. The van der Waals surface area contributed by atoms with Gasteiger partial charge in [0.05, 0.1) is 25.4 Å². The number of esters is 1. The van der Waals surface area contributed by atoms with E-state index in [1.807, 2.05) is 0 Å². The fraction of sp³-hybridized carbons (Fsp3) is 0.939. The Hall–Kier alpha value is -1.40. The van der Waals surface area contributed by atoms with Crippen LogP contribution in [-0.4, -0.2) is 47.4 Å². The van der Waals surface area contributed by atoms with Crippen molar-refractivity contribution in [3.8, 4) is 0 Å². The molecule has 1 amide bonds. The fourth-order valence-electron chi connectivity index (χ4n) is 10.5. The molecule has 0 aliphatic rings. The molecule has 0 radical (unpaired) electrons. The largest absolute Gasteiger partial charge is 0.466 e. The van der Waals surface area contributed by atoms with Gasteiger partial charge in [-0.05, 0) is 51.4 Å². The maximum absolute atomic E-state index is 12.5. The predicted molar refractivity (Wildman–Crippen MR) is 315 cm³/mol. The molecule has 0 spiro atoms. The summed E-state index contributed by atoms with van der Waals surface area (Å²) in [5.74, 6) is -0.0234. The van der Waals surface area contributed by atoms with Gasteiger partial charge in [-0.25, -0.2) is 0 Å². The van der Waals surface area contributed by atoms with E-state index >= 15 is 0 Å². The molecule has 0 aromatic heterocycles. The third kappa shape index (κ3) is 57.9. The summed E-state index contributed by atoms with van der Waals surface area (Å²) >= 11 is 0. The lowest BCUT2D eigenvalue weighted by Crippen LogP contribution is -2.45. The zero-order valence-corrected chi connectivity index (χ0v) is 48.9. The van der Waals surface area contributed by atoms with Crippen molar-refractivity contribution in [3.63, 3.8) is 0 Å². The third-order valence-electron chi connectivity index (χ3n) is 15.6. The summed E-state index contributed by atoms with van der Waals surface area (Å²) in [5, 5.41) is 23.4. The summed E-state index contributed by atoms with van der Waals surface area (Å²) in [7, 11) is 0. The molecule has 0 fully saturated rings. The van der Waals surface area contributed by atoms with E-state index in [-0.39, 0.29) is 18.5 Å². The van der Waals surface area contributed by atoms with Gasteiger partial charge in [0.15, 0.2) is 0 Å². The van der Waals surface area contributed by atoms with Crippen molar-refractivity contribution in [2.75, 3.05) is 13.2 Å². The highest BCUT2D eigenvalue weighted by Gasteiger charge is 2.20. The molecular weight excluding hydrogens is 887 g/mol. The van der Waals surface area contributed by atoms with E-state index in [1.165, 1.54) is 302 Å². The van der Waals surface area contributed by atoms with Crippen molar-refractivity contribution < 1.29 is 24.5 Å². The van der Waals surface area contributed by atoms with Crippen molar-refractivity contribution in [2.24, 2.45) is 0 Å². The summed E-state index contributed by atoms with van der Waals surface area (Å²) in [6.45, 7) is 4.98. The van der Waals surface area contributed by atoms with Crippen LogP contribution in [-0.2, 0) is 14.3 Å². The fourth-order valence-corrected chi connectivity index (χ4v) is 10.5. The second-order valence-electron chi connectivity index (χ2n) is 22.8. The number of carbonyl (C=O) groups is 2. The first kappa shape index (κ1) is 70.6. The molecule has 0 aliphatic heterocycles. The van der Waals surface area contributed by atoms with Crippen LogP contribution < -0.4 is 5.32 Å². The minimum atomic E-state index is -0.668. The number of unbranched alkanes of at least 4 members (excludes halogenated alkanes) is 49. The Labute approximate surface area is 450 Å². The molecular formula is C66H129NO5. The highest BCUT2D eigenvalue weighted by Crippen LogP contribution is 2.18. The molecule has 0 saturated carbocycles. The van der Waals surface area contributed by atoms with Crippen molar-refractivity contribution in [1.82, 2.24) is 5.32 Å². The number of amides is 1. The topological polar surface area (TPSA) is 95.9 Å². The normalized spacial score (nSPS) is 12.6. The molecule has 3 N–H and O–H groups in total.